The number of ether oxygens (including phenoxy) is 2. The molecule has 21 heavy (non-hydrogen) atoms. The van der Waals surface area contributed by atoms with Crippen molar-refractivity contribution in [3.63, 3.8) is 0 Å². The number of thiocarbonyl (C=S) groups is 1. The zero-order valence-corrected chi connectivity index (χ0v) is 13.2. The first-order chi connectivity index (χ1) is 10.2. The molecular weight excluding hydrogens is 306 g/mol. The van der Waals surface area contributed by atoms with E-state index in [4.69, 9.17) is 33.3 Å². The van der Waals surface area contributed by atoms with Crippen LogP contribution in [0.3, 0.4) is 0 Å². The van der Waals surface area contributed by atoms with E-state index in [2.05, 4.69) is 5.32 Å². The van der Waals surface area contributed by atoms with E-state index in [1.807, 2.05) is 36.4 Å². The number of benzene rings is 2. The Morgan fingerprint density at radius 2 is 1.86 bits per heavy atom. The first-order valence-electron chi connectivity index (χ1n) is 6.50. The van der Waals surface area contributed by atoms with Gasteiger partial charge in [-0.15, -0.1) is 0 Å². The van der Waals surface area contributed by atoms with E-state index in [1.54, 1.807) is 19.2 Å². The molecule has 1 N–H and O–H groups in total. The standard InChI is InChI=1S/C16H16ClNO2S/c1-19-15-5-3-2-4-12(15)10-11-20-16(21)18-14-8-6-13(17)7-9-14/h2-9H,10-11H2,1H3,(H,18,21). The van der Waals surface area contributed by atoms with Gasteiger partial charge in [-0.1, -0.05) is 29.8 Å². The van der Waals surface area contributed by atoms with Gasteiger partial charge in [-0.25, -0.2) is 0 Å². The topological polar surface area (TPSA) is 30.5 Å². The molecule has 5 heteroatoms. The fourth-order valence-electron chi connectivity index (χ4n) is 1.85. The lowest BCUT2D eigenvalue weighted by atomic mass is 10.1. The van der Waals surface area contributed by atoms with E-state index in [0.29, 0.717) is 16.8 Å². The van der Waals surface area contributed by atoms with Gasteiger partial charge in [0.1, 0.15) is 5.75 Å². The minimum atomic E-state index is 0.340. The van der Waals surface area contributed by atoms with Gasteiger partial charge >= 0.3 is 0 Å². The van der Waals surface area contributed by atoms with Crippen molar-refractivity contribution in [3.8, 4) is 5.75 Å². The van der Waals surface area contributed by atoms with Crippen molar-refractivity contribution in [2.45, 2.75) is 6.42 Å². The number of halogens is 1. The van der Waals surface area contributed by atoms with Crippen molar-refractivity contribution in [2.24, 2.45) is 0 Å². The Kier molecular flexibility index (Phi) is 5.84. The highest BCUT2D eigenvalue weighted by Gasteiger charge is 2.03. The predicted molar refractivity (Wildman–Crippen MR) is 90.3 cm³/mol. The summed E-state index contributed by atoms with van der Waals surface area (Å²) in [5.41, 5.74) is 1.94. The molecule has 3 nitrogen and oxygen atoms in total. The number of para-hydroxylation sites is 1. The third-order valence-electron chi connectivity index (χ3n) is 2.89. The summed E-state index contributed by atoms with van der Waals surface area (Å²) in [6, 6.07) is 15.1. The number of rotatable bonds is 5. The summed E-state index contributed by atoms with van der Waals surface area (Å²) in [6.07, 6.45) is 0.729. The summed E-state index contributed by atoms with van der Waals surface area (Å²) in [6.45, 7) is 0.486. The van der Waals surface area contributed by atoms with Gasteiger partial charge in [0.25, 0.3) is 5.17 Å². The fourth-order valence-corrected chi connectivity index (χ4v) is 2.18. The van der Waals surface area contributed by atoms with Crippen LogP contribution in [0, 0.1) is 0 Å². The molecule has 0 spiro atoms. The van der Waals surface area contributed by atoms with E-state index < -0.39 is 0 Å². The van der Waals surface area contributed by atoms with Gasteiger partial charge in [-0.05, 0) is 48.1 Å². The molecule has 2 aromatic rings. The van der Waals surface area contributed by atoms with Gasteiger partial charge < -0.3 is 14.8 Å². The molecule has 0 aliphatic carbocycles. The maximum atomic E-state index is 5.82. The molecule has 0 fully saturated rings. The zero-order chi connectivity index (χ0) is 15.1. The first kappa shape index (κ1) is 15.6. The summed E-state index contributed by atoms with van der Waals surface area (Å²) < 4.78 is 10.8. The lowest BCUT2D eigenvalue weighted by Crippen LogP contribution is -2.15. The average molecular weight is 322 g/mol. The van der Waals surface area contributed by atoms with Crippen LogP contribution < -0.4 is 10.1 Å². The first-order valence-corrected chi connectivity index (χ1v) is 7.29. The quantitative estimate of drug-likeness (QED) is 0.831. The third kappa shape index (κ3) is 4.92. The molecule has 0 radical (unpaired) electrons. The normalized spacial score (nSPS) is 10.0. The summed E-state index contributed by atoms with van der Waals surface area (Å²) >= 11 is 11.0. The number of hydrogen-bond acceptors (Lipinski definition) is 3. The number of hydrogen-bond donors (Lipinski definition) is 1. The number of anilines is 1. The maximum Gasteiger partial charge on any atom is 0.261 e. The van der Waals surface area contributed by atoms with Crippen LogP contribution in [0.4, 0.5) is 5.69 Å². The molecule has 0 unspecified atom stereocenters. The lowest BCUT2D eigenvalue weighted by Gasteiger charge is -2.11. The second-order valence-electron chi connectivity index (χ2n) is 4.33. The van der Waals surface area contributed by atoms with Crippen molar-refractivity contribution < 1.29 is 9.47 Å². The third-order valence-corrected chi connectivity index (χ3v) is 3.36. The van der Waals surface area contributed by atoms with Crippen LogP contribution >= 0.6 is 23.8 Å². The van der Waals surface area contributed by atoms with Gasteiger partial charge in [-0.3, -0.25) is 0 Å². The highest BCUT2D eigenvalue weighted by Crippen LogP contribution is 2.18. The molecule has 2 aromatic carbocycles. The zero-order valence-electron chi connectivity index (χ0n) is 11.6. The Bertz CT molecular complexity index is 601. The Morgan fingerprint density at radius 3 is 2.57 bits per heavy atom. The van der Waals surface area contributed by atoms with Crippen molar-refractivity contribution in [3.05, 3.63) is 59.1 Å². The minimum Gasteiger partial charge on any atom is -0.496 e. The van der Waals surface area contributed by atoms with Crippen molar-refractivity contribution in [1.29, 1.82) is 0 Å². The van der Waals surface area contributed by atoms with Gasteiger partial charge in [0, 0.05) is 17.1 Å². The summed E-state index contributed by atoms with van der Waals surface area (Å²) in [7, 11) is 1.66. The number of methoxy groups -OCH3 is 1. The SMILES string of the molecule is COc1ccccc1CCOC(=S)Nc1ccc(Cl)cc1. The summed E-state index contributed by atoms with van der Waals surface area (Å²) in [5, 5.41) is 4.03. The van der Waals surface area contributed by atoms with E-state index in [1.165, 1.54) is 0 Å². The Morgan fingerprint density at radius 1 is 1.14 bits per heavy atom. The summed E-state index contributed by atoms with van der Waals surface area (Å²) in [5.74, 6) is 0.859. The monoisotopic (exact) mass is 321 g/mol. The van der Waals surface area contributed by atoms with Gasteiger partial charge in [0.05, 0.1) is 13.7 Å². The van der Waals surface area contributed by atoms with E-state index in [-0.39, 0.29) is 0 Å². The van der Waals surface area contributed by atoms with E-state index >= 15 is 0 Å². The molecule has 0 bridgehead atoms. The van der Waals surface area contributed by atoms with Crippen LogP contribution in [-0.4, -0.2) is 18.9 Å². The Labute approximate surface area is 134 Å². The smallest absolute Gasteiger partial charge is 0.261 e. The van der Waals surface area contributed by atoms with Crippen molar-refractivity contribution in [1.82, 2.24) is 0 Å². The summed E-state index contributed by atoms with van der Waals surface area (Å²) in [4.78, 5) is 0. The predicted octanol–water partition coefficient (Wildman–Crippen LogP) is 4.30. The maximum absolute atomic E-state index is 5.82. The molecule has 0 aromatic heterocycles. The second-order valence-corrected chi connectivity index (χ2v) is 5.14. The van der Waals surface area contributed by atoms with Gasteiger partial charge in [0.2, 0.25) is 0 Å². The molecule has 0 aliphatic rings. The highest BCUT2D eigenvalue weighted by atomic mass is 35.5. The number of nitrogens with one attached hydrogen (secondary N) is 1. The molecule has 2 rings (SSSR count). The van der Waals surface area contributed by atoms with Crippen molar-refractivity contribution in [2.75, 3.05) is 19.0 Å². The molecular formula is C16H16ClNO2S. The van der Waals surface area contributed by atoms with Crippen LogP contribution in [-0.2, 0) is 11.2 Å². The molecule has 0 saturated carbocycles. The molecule has 0 aliphatic heterocycles. The molecule has 110 valence electrons. The van der Waals surface area contributed by atoms with Crippen LogP contribution in [0.1, 0.15) is 5.56 Å². The highest BCUT2D eigenvalue weighted by molar-refractivity contribution is 7.80. The van der Waals surface area contributed by atoms with Gasteiger partial charge in [0.15, 0.2) is 0 Å². The van der Waals surface area contributed by atoms with E-state index in [9.17, 15) is 0 Å². The molecule has 0 saturated heterocycles. The van der Waals surface area contributed by atoms with Crippen LogP contribution in [0.5, 0.6) is 5.75 Å². The molecule has 0 heterocycles. The molecule has 0 amide bonds. The van der Waals surface area contributed by atoms with Crippen LogP contribution in [0.2, 0.25) is 5.02 Å². The van der Waals surface area contributed by atoms with Crippen LogP contribution in [0.25, 0.3) is 0 Å². The van der Waals surface area contributed by atoms with Gasteiger partial charge in [-0.2, -0.15) is 0 Å². The van der Waals surface area contributed by atoms with Crippen LogP contribution in [0.15, 0.2) is 48.5 Å². The molecule has 0 atom stereocenters. The fraction of sp³-hybridized carbons (Fsp3) is 0.188. The minimum absolute atomic E-state index is 0.340. The Hall–Kier alpha value is -1.78. The largest absolute Gasteiger partial charge is 0.496 e. The average Bonchev–Trinajstić information content (AvgIpc) is 2.50. The lowest BCUT2D eigenvalue weighted by molar-refractivity contribution is 0.313. The van der Waals surface area contributed by atoms with Crippen molar-refractivity contribution >= 4 is 34.7 Å². The second kappa shape index (κ2) is 7.86. The Balaban J connectivity index is 1.80. The van der Waals surface area contributed by atoms with E-state index in [0.717, 1.165) is 23.4 Å².